The maximum absolute atomic E-state index is 12.8. The summed E-state index contributed by atoms with van der Waals surface area (Å²) in [5.74, 6) is 0.176. The predicted octanol–water partition coefficient (Wildman–Crippen LogP) is 3.51. The minimum absolute atomic E-state index is 0.0718. The highest BCUT2D eigenvalue weighted by atomic mass is 16.5. The molecule has 1 N–H and O–H groups in total. The number of anilines is 1. The average Bonchev–Trinajstić information content (AvgIpc) is 3.19. The highest BCUT2D eigenvalue weighted by molar-refractivity contribution is 6.17. The molecule has 1 aromatic carbocycles. The number of benzene rings is 1. The second-order valence-electron chi connectivity index (χ2n) is 7.98. The number of phenols is 1. The Hall–Kier alpha value is -3.32. The summed E-state index contributed by atoms with van der Waals surface area (Å²) in [5.41, 5.74) is 2.94. The molecule has 1 saturated heterocycles. The third-order valence-corrected chi connectivity index (χ3v) is 5.59. The van der Waals surface area contributed by atoms with E-state index < -0.39 is 0 Å². The van der Waals surface area contributed by atoms with E-state index in [0.717, 1.165) is 35.4 Å². The smallest absolute Gasteiger partial charge is 0.235 e. The maximum Gasteiger partial charge on any atom is 0.235 e. The van der Waals surface area contributed by atoms with Crippen LogP contribution in [0.5, 0.6) is 11.5 Å². The first-order valence-corrected chi connectivity index (χ1v) is 10.0. The number of aromatic hydroxyl groups is 1. The van der Waals surface area contributed by atoms with E-state index in [9.17, 15) is 9.90 Å². The zero-order chi connectivity index (χ0) is 21.0. The molecule has 4 heterocycles. The zero-order valence-electron chi connectivity index (χ0n) is 17.1. The SMILES string of the molecule is CC1CN(c2ccnc3c2c(/C=C2\Oc4cccc(O)c4C2=O)cn3C)CC(C)O1. The number of fused-ring (bicyclic) bond motifs is 2. The molecule has 2 atom stereocenters. The maximum atomic E-state index is 12.8. The summed E-state index contributed by atoms with van der Waals surface area (Å²) in [5, 5.41) is 11.0. The molecule has 2 aromatic heterocycles. The third-order valence-electron chi connectivity index (χ3n) is 5.59. The van der Waals surface area contributed by atoms with Crippen molar-refractivity contribution in [1.29, 1.82) is 0 Å². The van der Waals surface area contributed by atoms with Gasteiger partial charge < -0.3 is 24.0 Å². The van der Waals surface area contributed by atoms with Crippen LogP contribution < -0.4 is 9.64 Å². The minimum Gasteiger partial charge on any atom is -0.507 e. The van der Waals surface area contributed by atoms with E-state index in [4.69, 9.17) is 9.47 Å². The molecule has 3 aromatic rings. The number of rotatable bonds is 2. The lowest BCUT2D eigenvalue weighted by Gasteiger charge is -2.37. The largest absolute Gasteiger partial charge is 0.507 e. The topological polar surface area (TPSA) is 76.8 Å². The van der Waals surface area contributed by atoms with Crippen molar-refractivity contribution in [2.24, 2.45) is 7.05 Å². The number of Topliss-reactive ketones (excluding diaryl/α,β-unsaturated/α-hetero) is 1. The number of aryl methyl sites for hydroxylation is 1. The monoisotopic (exact) mass is 405 g/mol. The van der Waals surface area contributed by atoms with E-state index in [1.54, 1.807) is 18.2 Å². The van der Waals surface area contributed by atoms with E-state index in [1.807, 2.05) is 30.1 Å². The van der Waals surface area contributed by atoms with Gasteiger partial charge in [-0.1, -0.05) is 6.07 Å². The van der Waals surface area contributed by atoms with Gasteiger partial charge in [-0.3, -0.25) is 4.79 Å². The van der Waals surface area contributed by atoms with Gasteiger partial charge in [0, 0.05) is 43.5 Å². The van der Waals surface area contributed by atoms with E-state index >= 15 is 0 Å². The summed E-state index contributed by atoms with van der Waals surface area (Å²) in [4.78, 5) is 19.7. The lowest BCUT2D eigenvalue weighted by atomic mass is 10.1. The van der Waals surface area contributed by atoms with Gasteiger partial charge in [-0.05, 0) is 38.1 Å². The Morgan fingerprint density at radius 3 is 2.70 bits per heavy atom. The highest BCUT2D eigenvalue weighted by Gasteiger charge is 2.31. The van der Waals surface area contributed by atoms with E-state index in [2.05, 4.69) is 23.7 Å². The summed E-state index contributed by atoms with van der Waals surface area (Å²) >= 11 is 0. The molecule has 7 heteroatoms. The molecule has 0 amide bonds. The Kier molecular flexibility index (Phi) is 4.29. The van der Waals surface area contributed by atoms with Crippen LogP contribution in [0.2, 0.25) is 0 Å². The third kappa shape index (κ3) is 2.93. The molecule has 2 aliphatic rings. The molecular weight excluding hydrogens is 382 g/mol. The zero-order valence-corrected chi connectivity index (χ0v) is 17.1. The number of ether oxygens (including phenoxy) is 2. The molecular formula is C23H23N3O4. The van der Waals surface area contributed by atoms with Crippen molar-refractivity contribution >= 4 is 28.6 Å². The van der Waals surface area contributed by atoms with E-state index in [0.29, 0.717) is 5.75 Å². The molecule has 5 rings (SSSR count). The van der Waals surface area contributed by atoms with Crippen molar-refractivity contribution in [3.8, 4) is 11.5 Å². The van der Waals surface area contributed by atoms with Crippen LogP contribution >= 0.6 is 0 Å². The van der Waals surface area contributed by atoms with Crippen molar-refractivity contribution in [2.45, 2.75) is 26.1 Å². The number of ketones is 1. The van der Waals surface area contributed by atoms with E-state index in [1.165, 1.54) is 6.07 Å². The van der Waals surface area contributed by atoms with Crippen LogP contribution in [0.1, 0.15) is 29.8 Å². The Morgan fingerprint density at radius 1 is 1.20 bits per heavy atom. The molecule has 1 fully saturated rings. The summed E-state index contributed by atoms with van der Waals surface area (Å²) in [6, 6.07) is 6.84. The number of morpholine rings is 1. The number of aromatic nitrogens is 2. The lowest BCUT2D eigenvalue weighted by molar-refractivity contribution is -0.00513. The molecule has 154 valence electrons. The Balaban J connectivity index is 1.62. The molecule has 2 unspecified atom stereocenters. The van der Waals surface area contributed by atoms with Crippen molar-refractivity contribution < 1.29 is 19.4 Å². The van der Waals surface area contributed by atoms with Gasteiger partial charge in [0.1, 0.15) is 22.7 Å². The minimum atomic E-state index is -0.320. The van der Waals surface area contributed by atoms with Crippen LogP contribution in [0.3, 0.4) is 0 Å². The predicted molar refractivity (Wildman–Crippen MR) is 114 cm³/mol. The normalized spacial score (nSPS) is 22.6. The first-order valence-electron chi connectivity index (χ1n) is 10.0. The molecule has 0 spiro atoms. The van der Waals surface area contributed by atoms with Gasteiger partial charge >= 0.3 is 0 Å². The highest BCUT2D eigenvalue weighted by Crippen LogP contribution is 2.39. The molecule has 30 heavy (non-hydrogen) atoms. The average molecular weight is 405 g/mol. The molecule has 0 saturated carbocycles. The molecule has 0 radical (unpaired) electrons. The number of allylic oxidation sites excluding steroid dienone is 1. The molecule has 7 nitrogen and oxygen atoms in total. The van der Waals surface area contributed by atoms with Crippen LogP contribution in [0.4, 0.5) is 5.69 Å². The fourth-order valence-electron chi connectivity index (χ4n) is 4.42. The Labute approximate surface area is 174 Å². The fraction of sp³-hybridized carbons (Fsp3) is 0.304. The molecule has 0 aliphatic carbocycles. The Morgan fingerprint density at radius 2 is 1.97 bits per heavy atom. The van der Waals surface area contributed by atoms with Gasteiger partial charge in [0.15, 0.2) is 5.76 Å². The van der Waals surface area contributed by atoms with Gasteiger partial charge in [-0.15, -0.1) is 0 Å². The lowest BCUT2D eigenvalue weighted by Crippen LogP contribution is -2.45. The van der Waals surface area contributed by atoms with Crippen molar-refractivity contribution in [2.75, 3.05) is 18.0 Å². The summed E-state index contributed by atoms with van der Waals surface area (Å²) in [6.07, 6.45) is 5.74. The first kappa shape index (κ1) is 18.7. The van der Waals surface area contributed by atoms with Crippen molar-refractivity contribution in [1.82, 2.24) is 9.55 Å². The van der Waals surface area contributed by atoms with Gasteiger partial charge in [-0.2, -0.15) is 0 Å². The van der Waals surface area contributed by atoms with Crippen LogP contribution in [0, 0.1) is 0 Å². The standard InChI is InChI=1S/C23H23N3O4/c1-13-10-26(11-14(2)29-13)16-7-8-24-23-20(16)15(12-25(23)3)9-19-22(28)21-17(27)5-4-6-18(21)30-19/h4-9,12-14,27H,10-11H2,1-3H3/b19-9-. The van der Waals surface area contributed by atoms with Gasteiger partial charge in [0.2, 0.25) is 5.78 Å². The van der Waals surface area contributed by atoms with Gasteiger partial charge in [0.25, 0.3) is 0 Å². The van der Waals surface area contributed by atoms with Crippen LogP contribution in [-0.4, -0.2) is 45.7 Å². The first-order chi connectivity index (χ1) is 14.4. The summed E-state index contributed by atoms with van der Waals surface area (Å²) < 4.78 is 13.6. The second kappa shape index (κ2) is 6.88. The summed E-state index contributed by atoms with van der Waals surface area (Å²) in [7, 11) is 1.93. The summed E-state index contributed by atoms with van der Waals surface area (Å²) in [6.45, 7) is 5.71. The van der Waals surface area contributed by atoms with Crippen LogP contribution in [-0.2, 0) is 11.8 Å². The van der Waals surface area contributed by atoms with Crippen molar-refractivity contribution in [3.05, 3.63) is 53.5 Å². The van der Waals surface area contributed by atoms with Crippen LogP contribution in [0.25, 0.3) is 17.1 Å². The van der Waals surface area contributed by atoms with Gasteiger partial charge in [-0.25, -0.2) is 4.98 Å². The number of hydrogen-bond donors (Lipinski definition) is 1. The van der Waals surface area contributed by atoms with Crippen LogP contribution in [0.15, 0.2) is 42.4 Å². The van der Waals surface area contributed by atoms with Crippen molar-refractivity contribution in [3.63, 3.8) is 0 Å². The molecule has 0 bridgehead atoms. The molecule has 2 aliphatic heterocycles. The van der Waals surface area contributed by atoms with Gasteiger partial charge in [0.05, 0.1) is 17.9 Å². The number of carbonyl (C=O) groups is 1. The second-order valence-corrected chi connectivity index (χ2v) is 7.98. The number of nitrogens with zero attached hydrogens (tertiary/aromatic N) is 3. The van der Waals surface area contributed by atoms with E-state index in [-0.39, 0.29) is 35.1 Å². The fourth-order valence-corrected chi connectivity index (χ4v) is 4.42. The number of phenolic OH excluding ortho intramolecular Hbond substituents is 1. The number of pyridine rings is 1. The quantitative estimate of drug-likeness (QED) is 0.658. The Bertz CT molecular complexity index is 1190. The number of carbonyl (C=O) groups excluding carboxylic acids is 1. The number of hydrogen-bond acceptors (Lipinski definition) is 6.